The van der Waals surface area contributed by atoms with Crippen molar-refractivity contribution in [1.29, 1.82) is 0 Å². The zero-order chi connectivity index (χ0) is 15.5. The molecule has 1 aromatic rings. The number of alkyl halides is 3. The van der Waals surface area contributed by atoms with E-state index in [4.69, 9.17) is 4.74 Å². The van der Waals surface area contributed by atoms with Gasteiger partial charge in [-0.1, -0.05) is 0 Å². The molecule has 1 aliphatic rings. The summed E-state index contributed by atoms with van der Waals surface area (Å²) in [6.45, 7) is 1.21. The molecular weight excluding hydrogens is 289 g/mol. The number of carbonyl (C=O) groups is 1. The number of piperidine rings is 1. The van der Waals surface area contributed by atoms with Gasteiger partial charge in [0.15, 0.2) is 0 Å². The van der Waals surface area contributed by atoms with Crippen molar-refractivity contribution in [2.24, 2.45) is 5.92 Å². The SMILES string of the molecule is COC(=O)C1CCN(c2ccc(OC(F)(F)F)cn2)CC1. The van der Waals surface area contributed by atoms with Crippen molar-refractivity contribution in [3.8, 4) is 5.75 Å². The molecule has 1 aromatic heterocycles. The van der Waals surface area contributed by atoms with Crippen LogP contribution in [-0.2, 0) is 9.53 Å². The third-order valence-corrected chi connectivity index (χ3v) is 3.31. The first-order valence-corrected chi connectivity index (χ1v) is 6.43. The van der Waals surface area contributed by atoms with Crippen LogP contribution >= 0.6 is 0 Å². The fraction of sp³-hybridized carbons (Fsp3) is 0.538. The van der Waals surface area contributed by atoms with Crippen LogP contribution in [0.3, 0.4) is 0 Å². The van der Waals surface area contributed by atoms with Gasteiger partial charge in [-0.05, 0) is 25.0 Å². The predicted molar refractivity (Wildman–Crippen MR) is 67.9 cm³/mol. The highest BCUT2D eigenvalue weighted by molar-refractivity contribution is 5.72. The van der Waals surface area contributed by atoms with E-state index in [0.29, 0.717) is 31.7 Å². The molecular formula is C13H15F3N2O3. The minimum absolute atomic E-state index is 0.126. The smallest absolute Gasteiger partial charge is 0.469 e. The Bertz CT molecular complexity index is 482. The molecule has 0 saturated carbocycles. The van der Waals surface area contributed by atoms with Gasteiger partial charge in [-0.15, -0.1) is 13.2 Å². The van der Waals surface area contributed by atoms with Crippen molar-refractivity contribution in [1.82, 2.24) is 4.98 Å². The minimum Gasteiger partial charge on any atom is -0.469 e. The van der Waals surface area contributed by atoms with Gasteiger partial charge in [0.25, 0.3) is 0 Å². The van der Waals surface area contributed by atoms with Crippen molar-refractivity contribution in [3.05, 3.63) is 18.3 Å². The molecule has 2 heterocycles. The zero-order valence-electron chi connectivity index (χ0n) is 11.4. The van der Waals surface area contributed by atoms with E-state index >= 15 is 0 Å². The Morgan fingerprint density at radius 1 is 1.33 bits per heavy atom. The number of hydrogen-bond acceptors (Lipinski definition) is 5. The van der Waals surface area contributed by atoms with Gasteiger partial charge in [0.2, 0.25) is 0 Å². The third kappa shape index (κ3) is 4.24. The number of pyridine rings is 1. The molecule has 2 rings (SSSR count). The van der Waals surface area contributed by atoms with Crippen molar-refractivity contribution in [3.63, 3.8) is 0 Å². The van der Waals surface area contributed by atoms with E-state index in [1.807, 2.05) is 4.90 Å². The van der Waals surface area contributed by atoms with Crippen LogP contribution in [0.25, 0.3) is 0 Å². The van der Waals surface area contributed by atoms with Crippen LogP contribution in [0.5, 0.6) is 5.75 Å². The van der Waals surface area contributed by atoms with E-state index in [0.717, 1.165) is 6.20 Å². The van der Waals surface area contributed by atoms with Crippen LogP contribution in [-0.4, -0.2) is 37.5 Å². The van der Waals surface area contributed by atoms with Gasteiger partial charge in [-0.3, -0.25) is 4.79 Å². The molecule has 0 aromatic carbocycles. The second-order valence-electron chi connectivity index (χ2n) is 4.68. The Kier molecular flexibility index (Phi) is 4.54. The summed E-state index contributed by atoms with van der Waals surface area (Å²) in [5.41, 5.74) is 0. The summed E-state index contributed by atoms with van der Waals surface area (Å²) < 4.78 is 44.6. The van der Waals surface area contributed by atoms with Crippen LogP contribution in [0, 0.1) is 5.92 Å². The molecule has 0 atom stereocenters. The Labute approximate surface area is 119 Å². The van der Waals surface area contributed by atoms with Crippen molar-refractivity contribution < 1.29 is 27.4 Å². The minimum atomic E-state index is -4.72. The van der Waals surface area contributed by atoms with Gasteiger partial charge in [0.1, 0.15) is 11.6 Å². The van der Waals surface area contributed by atoms with Gasteiger partial charge in [-0.25, -0.2) is 4.98 Å². The standard InChI is InChI=1S/C13H15F3N2O3/c1-20-12(19)9-4-6-18(7-5-9)11-3-2-10(8-17-11)21-13(14,15)16/h2-3,8-9H,4-7H2,1H3. The van der Waals surface area contributed by atoms with Gasteiger partial charge >= 0.3 is 12.3 Å². The number of esters is 1. The Balaban J connectivity index is 1.93. The number of methoxy groups -OCH3 is 1. The number of anilines is 1. The molecule has 0 radical (unpaired) electrons. The summed E-state index contributed by atoms with van der Waals surface area (Å²) in [6.07, 6.45) is -2.42. The maximum absolute atomic E-state index is 12.0. The summed E-state index contributed by atoms with van der Waals surface area (Å²) in [6, 6.07) is 2.70. The number of carbonyl (C=O) groups excluding carboxylic acids is 1. The van der Waals surface area contributed by atoms with E-state index < -0.39 is 6.36 Å². The molecule has 116 valence electrons. The van der Waals surface area contributed by atoms with Crippen LogP contribution in [0.1, 0.15) is 12.8 Å². The number of ether oxygens (including phenoxy) is 2. The maximum atomic E-state index is 12.0. The lowest BCUT2D eigenvalue weighted by Crippen LogP contribution is -2.37. The first-order valence-electron chi connectivity index (χ1n) is 6.43. The number of aromatic nitrogens is 1. The van der Waals surface area contributed by atoms with Gasteiger partial charge in [-0.2, -0.15) is 0 Å². The molecule has 1 saturated heterocycles. The van der Waals surface area contributed by atoms with Crippen molar-refractivity contribution >= 4 is 11.8 Å². The van der Waals surface area contributed by atoms with Gasteiger partial charge in [0, 0.05) is 13.1 Å². The molecule has 21 heavy (non-hydrogen) atoms. The molecule has 0 amide bonds. The highest BCUT2D eigenvalue weighted by Gasteiger charge is 2.31. The fourth-order valence-corrected chi connectivity index (χ4v) is 2.26. The molecule has 0 bridgehead atoms. The lowest BCUT2D eigenvalue weighted by atomic mass is 9.97. The van der Waals surface area contributed by atoms with E-state index in [9.17, 15) is 18.0 Å². The second-order valence-corrected chi connectivity index (χ2v) is 4.68. The average Bonchev–Trinajstić information content (AvgIpc) is 2.46. The Morgan fingerprint density at radius 2 is 2.00 bits per heavy atom. The lowest BCUT2D eigenvalue weighted by Gasteiger charge is -2.31. The summed E-state index contributed by atoms with van der Waals surface area (Å²) in [7, 11) is 1.36. The second kappa shape index (κ2) is 6.19. The molecule has 5 nitrogen and oxygen atoms in total. The van der Waals surface area contributed by atoms with Crippen LogP contribution in [0.4, 0.5) is 19.0 Å². The molecule has 0 unspecified atom stereocenters. The Hall–Kier alpha value is -1.99. The highest BCUT2D eigenvalue weighted by Crippen LogP contribution is 2.26. The molecule has 0 spiro atoms. The van der Waals surface area contributed by atoms with Crippen LogP contribution < -0.4 is 9.64 Å². The first-order chi connectivity index (χ1) is 9.89. The normalized spacial score (nSPS) is 16.7. The van der Waals surface area contributed by atoms with Crippen molar-refractivity contribution in [2.75, 3.05) is 25.1 Å². The third-order valence-electron chi connectivity index (χ3n) is 3.31. The molecule has 0 N–H and O–H groups in total. The summed E-state index contributed by atoms with van der Waals surface area (Å²) >= 11 is 0. The van der Waals surface area contributed by atoms with E-state index in [-0.39, 0.29) is 17.6 Å². The number of halogens is 3. The maximum Gasteiger partial charge on any atom is 0.573 e. The first kappa shape index (κ1) is 15.4. The molecule has 0 aliphatic carbocycles. The number of hydrogen-bond donors (Lipinski definition) is 0. The van der Waals surface area contributed by atoms with E-state index in [1.54, 1.807) is 0 Å². The Morgan fingerprint density at radius 3 is 2.48 bits per heavy atom. The predicted octanol–water partition coefficient (Wildman–Crippen LogP) is 2.37. The highest BCUT2D eigenvalue weighted by atomic mass is 19.4. The van der Waals surface area contributed by atoms with Crippen molar-refractivity contribution in [2.45, 2.75) is 19.2 Å². The monoisotopic (exact) mass is 304 g/mol. The van der Waals surface area contributed by atoms with Crippen LogP contribution in [0.15, 0.2) is 18.3 Å². The molecule has 1 fully saturated rings. The summed E-state index contributed by atoms with van der Waals surface area (Å²) in [5.74, 6) is -0.140. The molecule has 1 aliphatic heterocycles. The zero-order valence-corrected chi connectivity index (χ0v) is 11.4. The topological polar surface area (TPSA) is 51.7 Å². The average molecular weight is 304 g/mol. The largest absolute Gasteiger partial charge is 0.573 e. The quantitative estimate of drug-likeness (QED) is 0.803. The lowest BCUT2D eigenvalue weighted by molar-refractivity contribution is -0.274. The van der Waals surface area contributed by atoms with Gasteiger partial charge < -0.3 is 14.4 Å². The van der Waals surface area contributed by atoms with Gasteiger partial charge in [0.05, 0.1) is 19.2 Å². The summed E-state index contributed by atoms with van der Waals surface area (Å²) in [4.78, 5) is 17.3. The number of nitrogens with zero attached hydrogens (tertiary/aromatic N) is 2. The summed E-state index contributed by atoms with van der Waals surface area (Å²) in [5, 5.41) is 0. The fourth-order valence-electron chi connectivity index (χ4n) is 2.26. The number of rotatable bonds is 3. The molecule has 8 heteroatoms. The van der Waals surface area contributed by atoms with Crippen LogP contribution in [0.2, 0.25) is 0 Å². The van der Waals surface area contributed by atoms with E-state index in [2.05, 4.69) is 9.72 Å². The van der Waals surface area contributed by atoms with E-state index in [1.165, 1.54) is 19.2 Å².